The summed E-state index contributed by atoms with van der Waals surface area (Å²) in [6.07, 6.45) is 0.836. The number of aromatic nitrogens is 1. The van der Waals surface area contributed by atoms with Crippen LogP contribution in [0.25, 0.3) is 10.9 Å². The lowest BCUT2D eigenvalue weighted by molar-refractivity contribution is -0.118. The normalized spacial score (nSPS) is 10.6. The highest BCUT2D eigenvalue weighted by atomic mass is 16.5. The Hall–Kier alpha value is -3.08. The molecular formula is C20H20N2O3. The molecule has 0 aliphatic carbocycles. The van der Waals surface area contributed by atoms with Gasteiger partial charge in [0.05, 0.1) is 5.52 Å². The van der Waals surface area contributed by atoms with Crippen LogP contribution in [0.1, 0.15) is 18.1 Å². The van der Waals surface area contributed by atoms with Crippen molar-refractivity contribution < 1.29 is 9.53 Å². The number of nitrogens with one attached hydrogen (secondary N) is 2. The van der Waals surface area contributed by atoms with Crippen molar-refractivity contribution in [3.8, 4) is 5.75 Å². The molecule has 0 saturated carbocycles. The first-order valence-corrected chi connectivity index (χ1v) is 8.21. The largest absolute Gasteiger partial charge is 0.482 e. The Morgan fingerprint density at radius 3 is 2.72 bits per heavy atom. The molecule has 0 spiro atoms. The maximum atomic E-state index is 12.3. The van der Waals surface area contributed by atoms with Gasteiger partial charge in [0.2, 0.25) is 5.56 Å². The maximum Gasteiger partial charge on any atom is 0.262 e. The Morgan fingerprint density at radius 1 is 1.12 bits per heavy atom. The van der Waals surface area contributed by atoms with Crippen LogP contribution in [0, 0.1) is 6.92 Å². The molecular weight excluding hydrogens is 316 g/mol. The number of carbonyl (C=O) groups is 1. The monoisotopic (exact) mass is 336 g/mol. The number of H-pyrrole nitrogens is 1. The molecule has 1 amide bonds. The first kappa shape index (κ1) is 16.8. The van der Waals surface area contributed by atoms with Gasteiger partial charge in [-0.2, -0.15) is 0 Å². The van der Waals surface area contributed by atoms with Crippen LogP contribution in [0.2, 0.25) is 0 Å². The van der Waals surface area contributed by atoms with E-state index in [2.05, 4.69) is 10.3 Å². The SMILES string of the molecule is CCc1cccc(C)c1NC(=O)COc1cccc2ccc(=O)[nH]c12. The Bertz CT molecular complexity index is 976. The van der Waals surface area contributed by atoms with Crippen molar-refractivity contribution >= 4 is 22.5 Å². The molecule has 0 aliphatic heterocycles. The number of aromatic amines is 1. The van der Waals surface area contributed by atoms with E-state index in [0.29, 0.717) is 11.3 Å². The zero-order valence-corrected chi connectivity index (χ0v) is 14.3. The van der Waals surface area contributed by atoms with E-state index in [9.17, 15) is 9.59 Å². The third-order valence-electron chi connectivity index (χ3n) is 4.08. The van der Waals surface area contributed by atoms with Crippen molar-refractivity contribution in [1.82, 2.24) is 4.98 Å². The second kappa shape index (κ2) is 7.21. The van der Waals surface area contributed by atoms with Crippen molar-refractivity contribution in [3.63, 3.8) is 0 Å². The number of fused-ring (bicyclic) bond motifs is 1. The van der Waals surface area contributed by atoms with Gasteiger partial charge in [-0.05, 0) is 36.6 Å². The van der Waals surface area contributed by atoms with Gasteiger partial charge in [0, 0.05) is 17.1 Å². The van der Waals surface area contributed by atoms with E-state index in [0.717, 1.165) is 28.6 Å². The van der Waals surface area contributed by atoms with Crippen LogP contribution in [-0.2, 0) is 11.2 Å². The van der Waals surface area contributed by atoms with Gasteiger partial charge in [-0.15, -0.1) is 0 Å². The topological polar surface area (TPSA) is 71.2 Å². The standard InChI is InChI=1S/C20H20N2O3/c1-3-14-7-4-6-13(2)19(14)22-18(24)12-25-16-9-5-8-15-10-11-17(23)21-20(15)16/h4-11H,3,12H2,1-2H3,(H,21,23)(H,22,24). The van der Waals surface area contributed by atoms with Gasteiger partial charge >= 0.3 is 0 Å². The summed E-state index contributed by atoms with van der Waals surface area (Å²) in [4.78, 5) is 26.6. The number of rotatable bonds is 5. The van der Waals surface area contributed by atoms with Crippen LogP contribution < -0.4 is 15.6 Å². The van der Waals surface area contributed by atoms with E-state index in [4.69, 9.17) is 4.74 Å². The van der Waals surface area contributed by atoms with E-state index in [1.165, 1.54) is 6.07 Å². The molecule has 2 N–H and O–H groups in total. The second-order valence-electron chi connectivity index (χ2n) is 5.84. The number of anilines is 1. The van der Waals surface area contributed by atoms with Crippen LogP contribution in [0.4, 0.5) is 5.69 Å². The van der Waals surface area contributed by atoms with Crippen LogP contribution in [0.3, 0.4) is 0 Å². The lowest BCUT2D eigenvalue weighted by atomic mass is 10.1. The van der Waals surface area contributed by atoms with Crippen LogP contribution in [-0.4, -0.2) is 17.5 Å². The zero-order valence-electron chi connectivity index (χ0n) is 14.3. The third-order valence-corrected chi connectivity index (χ3v) is 4.08. The van der Waals surface area contributed by atoms with Crippen molar-refractivity contribution in [2.24, 2.45) is 0 Å². The highest BCUT2D eigenvalue weighted by Gasteiger charge is 2.10. The van der Waals surface area contributed by atoms with Crippen molar-refractivity contribution in [1.29, 1.82) is 0 Å². The molecule has 0 unspecified atom stereocenters. The predicted octanol–water partition coefficient (Wildman–Crippen LogP) is 3.42. The van der Waals surface area contributed by atoms with E-state index in [1.807, 2.05) is 44.2 Å². The number of para-hydroxylation sites is 2. The summed E-state index contributed by atoms with van der Waals surface area (Å²) in [5, 5.41) is 3.78. The molecule has 2 aromatic carbocycles. The van der Waals surface area contributed by atoms with E-state index in [-0.39, 0.29) is 18.1 Å². The third kappa shape index (κ3) is 3.71. The molecule has 5 nitrogen and oxygen atoms in total. The number of hydrogen-bond donors (Lipinski definition) is 2. The number of ether oxygens (including phenoxy) is 1. The molecule has 0 aliphatic rings. The molecule has 25 heavy (non-hydrogen) atoms. The Morgan fingerprint density at radius 2 is 1.92 bits per heavy atom. The molecule has 0 saturated heterocycles. The van der Waals surface area contributed by atoms with Gasteiger partial charge in [-0.1, -0.05) is 37.3 Å². The van der Waals surface area contributed by atoms with Crippen LogP contribution in [0.15, 0.2) is 53.3 Å². The number of carbonyl (C=O) groups excluding carboxylic acids is 1. The summed E-state index contributed by atoms with van der Waals surface area (Å²) in [5.74, 6) is 0.241. The van der Waals surface area contributed by atoms with E-state index >= 15 is 0 Å². The zero-order chi connectivity index (χ0) is 17.8. The molecule has 128 valence electrons. The summed E-state index contributed by atoms with van der Waals surface area (Å²) < 4.78 is 5.64. The van der Waals surface area contributed by atoms with Gasteiger partial charge in [-0.3, -0.25) is 9.59 Å². The van der Waals surface area contributed by atoms with E-state index < -0.39 is 0 Å². The molecule has 0 bridgehead atoms. The second-order valence-corrected chi connectivity index (χ2v) is 5.84. The average molecular weight is 336 g/mol. The summed E-state index contributed by atoms with van der Waals surface area (Å²) in [5.41, 5.74) is 3.32. The number of aryl methyl sites for hydroxylation is 2. The highest BCUT2D eigenvalue weighted by molar-refractivity contribution is 5.94. The van der Waals surface area contributed by atoms with Gasteiger partial charge in [0.25, 0.3) is 5.91 Å². The van der Waals surface area contributed by atoms with Gasteiger partial charge in [0.1, 0.15) is 5.75 Å². The molecule has 1 heterocycles. The fraction of sp³-hybridized carbons (Fsp3) is 0.200. The summed E-state index contributed by atoms with van der Waals surface area (Å²) in [7, 11) is 0. The van der Waals surface area contributed by atoms with Crippen molar-refractivity contribution in [2.45, 2.75) is 20.3 Å². The lowest BCUT2D eigenvalue weighted by Crippen LogP contribution is -2.21. The Balaban J connectivity index is 1.76. The van der Waals surface area contributed by atoms with Crippen LogP contribution in [0.5, 0.6) is 5.75 Å². The maximum absolute atomic E-state index is 12.3. The molecule has 0 fully saturated rings. The summed E-state index contributed by atoms with van der Waals surface area (Å²) in [6.45, 7) is 3.88. The fourth-order valence-electron chi connectivity index (χ4n) is 2.79. The Labute approximate surface area is 145 Å². The first-order valence-electron chi connectivity index (χ1n) is 8.21. The summed E-state index contributed by atoms with van der Waals surface area (Å²) >= 11 is 0. The molecule has 0 radical (unpaired) electrons. The molecule has 0 atom stereocenters. The predicted molar refractivity (Wildman–Crippen MR) is 99.3 cm³/mol. The highest BCUT2D eigenvalue weighted by Crippen LogP contribution is 2.23. The van der Waals surface area contributed by atoms with Crippen molar-refractivity contribution in [3.05, 3.63) is 70.0 Å². The first-order chi connectivity index (χ1) is 12.1. The number of benzene rings is 2. The smallest absolute Gasteiger partial charge is 0.262 e. The average Bonchev–Trinajstić information content (AvgIpc) is 2.61. The number of amides is 1. The number of pyridine rings is 1. The van der Waals surface area contributed by atoms with Crippen molar-refractivity contribution in [2.75, 3.05) is 11.9 Å². The molecule has 1 aromatic heterocycles. The Kier molecular flexibility index (Phi) is 4.84. The fourth-order valence-corrected chi connectivity index (χ4v) is 2.79. The quantitative estimate of drug-likeness (QED) is 0.750. The molecule has 3 rings (SSSR count). The summed E-state index contributed by atoms with van der Waals surface area (Å²) in [6, 6.07) is 14.6. The number of hydrogen-bond acceptors (Lipinski definition) is 3. The van der Waals surface area contributed by atoms with Gasteiger partial charge in [-0.25, -0.2) is 0 Å². The minimum absolute atomic E-state index is 0.131. The lowest BCUT2D eigenvalue weighted by Gasteiger charge is -2.14. The van der Waals surface area contributed by atoms with Gasteiger partial charge < -0.3 is 15.0 Å². The molecule has 5 heteroatoms. The minimum atomic E-state index is -0.237. The molecule has 3 aromatic rings. The minimum Gasteiger partial charge on any atom is -0.482 e. The van der Waals surface area contributed by atoms with E-state index in [1.54, 1.807) is 12.1 Å². The van der Waals surface area contributed by atoms with Gasteiger partial charge in [0.15, 0.2) is 6.61 Å². The van der Waals surface area contributed by atoms with Crippen LogP contribution >= 0.6 is 0 Å².